The monoisotopic (exact) mass is 262 g/mol. The minimum atomic E-state index is -5.12. The molecule has 0 N–H and O–H groups in total. The van der Waals surface area contributed by atoms with Crippen molar-refractivity contribution in [2.45, 2.75) is 18.0 Å². The van der Waals surface area contributed by atoms with Gasteiger partial charge in [-0.15, -0.1) is 0 Å². The molecule has 0 aromatic heterocycles. The van der Waals surface area contributed by atoms with Crippen molar-refractivity contribution in [3.05, 3.63) is 29.3 Å². The Hall–Kier alpha value is -0.0800. The van der Waals surface area contributed by atoms with Crippen LogP contribution in [0.15, 0.2) is 23.1 Å². The van der Waals surface area contributed by atoms with Gasteiger partial charge in [0.2, 0.25) is 0 Å². The molecule has 1 aromatic carbocycles. The standard InChI is InChI=1S/C8H7F3O3S.Na/c1-5-3-2-4-6(8(9,10)11)7(5)15(12,13)14;/h2-4H,1H3,(H,12,13,14);/q;+1/p-1. The molecule has 0 saturated carbocycles. The Bertz CT molecular complexity index is 482. The fraction of sp³-hybridized carbons (Fsp3) is 0.250. The fourth-order valence-electron chi connectivity index (χ4n) is 1.21. The van der Waals surface area contributed by atoms with E-state index in [4.69, 9.17) is 0 Å². The van der Waals surface area contributed by atoms with Crippen molar-refractivity contribution < 1.29 is 55.7 Å². The van der Waals surface area contributed by atoms with Gasteiger partial charge in [-0.25, -0.2) is 8.42 Å². The van der Waals surface area contributed by atoms with Crippen LogP contribution in [0.3, 0.4) is 0 Å². The van der Waals surface area contributed by atoms with Crippen molar-refractivity contribution in [3.63, 3.8) is 0 Å². The van der Waals surface area contributed by atoms with E-state index < -0.39 is 26.8 Å². The third-order valence-corrected chi connectivity index (χ3v) is 2.81. The van der Waals surface area contributed by atoms with Crippen molar-refractivity contribution in [1.82, 2.24) is 0 Å². The third-order valence-electron chi connectivity index (χ3n) is 1.77. The number of halogens is 3. The molecule has 84 valence electrons. The van der Waals surface area contributed by atoms with Crippen LogP contribution in [-0.2, 0) is 16.3 Å². The number of hydrogen-bond donors (Lipinski definition) is 0. The summed E-state index contributed by atoms with van der Waals surface area (Å²) in [5.41, 5.74) is -1.63. The summed E-state index contributed by atoms with van der Waals surface area (Å²) in [6.07, 6.45) is -4.85. The van der Waals surface area contributed by atoms with Gasteiger partial charge in [-0.3, -0.25) is 0 Å². The quantitative estimate of drug-likeness (QED) is 0.478. The van der Waals surface area contributed by atoms with Gasteiger partial charge in [0.05, 0.1) is 10.5 Å². The molecule has 0 aliphatic rings. The summed E-state index contributed by atoms with van der Waals surface area (Å²) in [7, 11) is -5.12. The molecular weight excluding hydrogens is 256 g/mol. The van der Waals surface area contributed by atoms with Gasteiger partial charge in [0.25, 0.3) is 0 Å². The molecule has 0 unspecified atom stereocenters. The Morgan fingerprint density at radius 2 is 1.75 bits per heavy atom. The summed E-state index contributed by atoms with van der Waals surface area (Å²) in [6, 6.07) is 2.75. The van der Waals surface area contributed by atoms with Gasteiger partial charge in [-0.2, -0.15) is 13.2 Å². The zero-order valence-corrected chi connectivity index (χ0v) is 11.3. The van der Waals surface area contributed by atoms with Crippen molar-refractivity contribution in [2.75, 3.05) is 0 Å². The molecule has 0 spiro atoms. The van der Waals surface area contributed by atoms with Crippen LogP contribution in [0.25, 0.3) is 0 Å². The van der Waals surface area contributed by atoms with E-state index in [1.807, 2.05) is 0 Å². The average Bonchev–Trinajstić information content (AvgIpc) is 1.99. The Morgan fingerprint density at radius 1 is 1.25 bits per heavy atom. The summed E-state index contributed by atoms with van der Waals surface area (Å²) in [6.45, 7) is 1.14. The second-order valence-electron chi connectivity index (χ2n) is 2.90. The van der Waals surface area contributed by atoms with Crippen molar-refractivity contribution in [1.29, 1.82) is 0 Å². The van der Waals surface area contributed by atoms with E-state index in [1.54, 1.807) is 0 Å². The van der Waals surface area contributed by atoms with Crippen LogP contribution < -0.4 is 29.6 Å². The molecule has 8 heteroatoms. The van der Waals surface area contributed by atoms with E-state index in [0.29, 0.717) is 6.07 Å². The molecular formula is C8H6F3NaO3S. The van der Waals surface area contributed by atoms with Crippen LogP contribution in [0.4, 0.5) is 13.2 Å². The van der Waals surface area contributed by atoms with E-state index in [0.717, 1.165) is 19.1 Å². The van der Waals surface area contributed by atoms with Gasteiger partial charge in [0.1, 0.15) is 10.1 Å². The number of alkyl halides is 3. The van der Waals surface area contributed by atoms with Crippen molar-refractivity contribution in [2.24, 2.45) is 0 Å². The summed E-state index contributed by atoms with van der Waals surface area (Å²) in [4.78, 5) is -1.20. The van der Waals surface area contributed by atoms with Crippen molar-refractivity contribution in [3.8, 4) is 0 Å². The van der Waals surface area contributed by atoms with Gasteiger partial charge in [-0.1, -0.05) is 12.1 Å². The van der Waals surface area contributed by atoms with Gasteiger partial charge in [0.15, 0.2) is 0 Å². The molecule has 0 amide bonds. The third kappa shape index (κ3) is 3.46. The maximum atomic E-state index is 12.4. The van der Waals surface area contributed by atoms with E-state index in [2.05, 4.69) is 0 Å². The molecule has 1 rings (SSSR count). The first-order valence-corrected chi connectivity index (χ1v) is 5.17. The van der Waals surface area contributed by atoms with Gasteiger partial charge < -0.3 is 4.55 Å². The van der Waals surface area contributed by atoms with E-state index >= 15 is 0 Å². The van der Waals surface area contributed by atoms with Crippen LogP contribution >= 0.6 is 0 Å². The summed E-state index contributed by atoms with van der Waals surface area (Å²) in [5.74, 6) is 0. The first-order chi connectivity index (χ1) is 6.64. The maximum Gasteiger partial charge on any atom is 1.00 e. The molecule has 16 heavy (non-hydrogen) atoms. The van der Waals surface area contributed by atoms with Gasteiger partial charge in [-0.05, 0) is 18.6 Å². The fourth-order valence-corrected chi connectivity index (χ4v) is 2.12. The summed E-state index contributed by atoms with van der Waals surface area (Å²) >= 11 is 0. The van der Waals surface area contributed by atoms with Crippen LogP contribution in [0, 0.1) is 6.92 Å². The average molecular weight is 262 g/mol. The molecule has 0 fully saturated rings. The molecule has 0 radical (unpaired) electrons. The normalized spacial score (nSPS) is 12.1. The molecule has 1 aromatic rings. The molecule has 0 bridgehead atoms. The number of hydrogen-bond acceptors (Lipinski definition) is 3. The Kier molecular flexibility index (Phi) is 5.03. The number of aryl methyl sites for hydroxylation is 1. The first-order valence-electron chi connectivity index (χ1n) is 3.77. The van der Waals surface area contributed by atoms with Gasteiger partial charge in [0, 0.05) is 0 Å². The Morgan fingerprint density at radius 3 is 2.06 bits per heavy atom. The molecule has 0 atom stereocenters. The number of rotatable bonds is 1. The Balaban J connectivity index is 0.00000225. The zero-order valence-electron chi connectivity index (χ0n) is 8.50. The zero-order chi connectivity index (χ0) is 11.9. The van der Waals surface area contributed by atoms with E-state index in [1.165, 1.54) is 0 Å². The minimum Gasteiger partial charge on any atom is -0.744 e. The smallest absolute Gasteiger partial charge is 0.744 e. The summed E-state index contributed by atoms with van der Waals surface area (Å²) in [5, 5.41) is 0. The van der Waals surface area contributed by atoms with Crippen molar-refractivity contribution >= 4 is 10.1 Å². The van der Waals surface area contributed by atoms with Crippen LogP contribution in [0.1, 0.15) is 11.1 Å². The van der Waals surface area contributed by atoms with E-state index in [9.17, 15) is 26.1 Å². The minimum absolute atomic E-state index is 0. The largest absolute Gasteiger partial charge is 1.00 e. The predicted octanol–water partition coefficient (Wildman–Crippen LogP) is -1.08. The number of benzene rings is 1. The topological polar surface area (TPSA) is 57.2 Å². The molecule has 0 heterocycles. The molecule has 0 saturated heterocycles. The Labute approximate surface area is 113 Å². The maximum absolute atomic E-state index is 12.4. The predicted molar refractivity (Wildman–Crippen MR) is 44.1 cm³/mol. The second-order valence-corrected chi connectivity index (χ2v) is 4.22. The van der Waals surface area contributed by atoms with Crippen LogP contribution in [-0.4, -0.2) is 13.0 Å². The van der Waals surface area contributed by atoms with Crippen LogP contribution in [0.5, 0.6) is 0 Å². The second kappa shape index (κ2) is 5.05. The molecule has 3 nitrogen and oxygen atoms in total. The molecule has 0 aliphatic carbocycles. The van der Waals surface area contributed by atoms with E-state index in [-0.39, 0.29) is 35.1 Å². The van der Waals surface area contributed by atoms with Gasteiger partial charge >= 0.3 is 35.7 Å². The van der Waals surface area contributed by atoms with Crippen LogP contribution in [0.2, 0.25) is 0 Å². The first kappa shape index (κ1) is 15.9. The molecule has 0 aliphatic heterocycles. The SMILES string of the molecule is Cc1cccc(C(F)(F)F)c1S(=O)(=O)[O-].[Na+]. The summed E-state index contributed by atoms with van der Waals surface area (Å²) < 4.78 is 69.1.